The first-order valence-corrected chi connectivity index (χ1v) is 11.1. The van der Waals surface area contributed by atoms with E-state index in [1.165, 1.54) is 0 Å². The molecule has 2 aromatic rings. The summed E-state index contributed by atoms with van der Waals surface area (Å²) >= 11 is 0. The third kappa shape index (κ3) is 5.19. The van der Waals surface area contributed by atoms with E-state index in [9.17, 15) is 14.4 Å². The molecule has 0 spiro atoms. The molecule has 1 saturated heterocycles. The number of hydrogen-bond donors (Lipinski definition) is 2. The van der Waals surface area contributed by atoms with Crippen LogP contribution in [0.5, 0.6) is 0 Å². The second-order valence-corrected chi connectivity index (χ2v) is 7.97. The van der Waals surface area contributed by atoms with Gasteiger partial charge in [-0.2, -0.15) is 0 Å². The Balaban J connectivity index is 1.56. The van der Waals surface area contributed by atoms with Crippen LogP contribution < -0.4 is 5.32 Å². The van der Waals surface area contributed by atoms with Gasteiger partial charge in [0, 0.05) is 37.6 Å². The van der Waals surface area contributed by atoms with Crippen molar-refractivity contribution >= 4 is 23.5 Å². The van der Waals surface area contributed by atoms with Gasteiger partial charge in [0.25, 0.3) is 5.91 Å². The minimum Gasteiger partial charge on any atom is -0.462 e. The fourth-order valence-corrected chi connectivity index (χ4v) is 4.08. The Morgan fingerprint density at radius 2 is 1.75 bits per heavy atom. The number of hydrogen-bond acceptors (Lipinski definition) is 5. The van der Waals surface area contributed by atoms with Crippen molar-refractivity contribution in [3.63, 3.8) is 0 Å². The van der Waals surface area contributed by atoms with Crippen LogP contribution in [-0.4, -0.2) is 71.9 Å². The molecule has 1 aliphatic heterocycles. The quantitative estimate of drug-likeness (QED) is 0.646. The maximum Gasteiger partial charge on any atom is 0.340 e. The number of H-pyrrole nitrogens is 1. The highest BCUT2D eigenvalue weighted by molar-refractivity contribution is 6.00. The van der Waals surface area contributed by atoms with Gasteiger partial charge >= 0.3 is 5.97 Å². The number of rotatable bonds is 7. The molecule has 2 amide bonds. The summed E-state index contributed by atoms with van der Waals surface area (Å²) in [6.07, 6.45) is 0.854. The highest BCUT2D eigenvalue weighted by Crippen LogP contribution is 2.21. The summed E-state index contributed by atoms with van der Waals surface area (Å²) in [5.41, 5.74) is 4.05. The van der Waals surface area contributed by atoms with Crippen LogP contribution >= 0.6 is 0 Å². The molecule has 0 atom stereocenters. The van der Waals surface area contributed by atoms with Gasteiger partial charge in [0.1, 0.15) is 5.69 Å². The zero-order valence-corrected chi connectivity index (χ0v) is 19.3. The number of ether oxygens (including phenoxy) is 1. The first-order chi connectivity index (χ1) is 15.3. The smallest absolute Gasteiger partial charge is 0.340 e. The lowest BCUT2D eigenvalue weighted by molar-refractivity contribution is -0.117. The van der Waals surface area contributed by atoms with Crippen LogP contribution in [-0.2, 0) is 16.0 Å². The first kappa shape index (κ1) is 23.5. The lowest BCUT2D eigenvalue weighted by Gasteiger charge is -2.34. The number of nitrogens with one attached hydrogen (secondary N) is 2. The predicted octanol–water partition coefficient (Wildman–Crippen LogP) is 2.77. The number of carbonyl (C=O) groups is 3. The van der Waals surface area contributed by atoms with E-state index in [0.717, 1.165) is 17.7 Å². The zero-order chi connectivity index (χ0) is 23.3. The zero-order valence-electron chi connectivity index (χ0n) is 19.3. The molecule has 0 radical (unpaired) electrons. The molecule has 8 nitrogen and oxygen atoms in total. The summed E-state index contributed by atoms with van der Waals surface area (Å²) in [4.78, 5) is 44.6. The van der Waals surface area contributed by atoms with E-state index in [-0.39, 0.29) is 25.0 Å². The average molecular weight is 441 g/mol. The van der Waals surface area contributed by atoms with Gasteiger partial charge in [-0.1, -0.05) is 25.1 Å². The monoisotopic (exact) mass is 440 g/mol. The van der Waals surface area contributed by atoms with Gasteiger partial charge in [0.2, 0.25) is 5.91 Å². The number of benzene rings is 1. The molecule has 0 saturated carbocycles. The third-order valence-corrected chi connectivity index (χ3v) is 5.83. The van der Waals surface area contributed by atoms with E-state index in [2.05, 4.69) is 17.2 Å². The maximum absolute atomic E-state index is 13.1. The molecule has 1 aromatic carbocycles. The number of aryl methyl sites for hydroxylation is 2. The third-order valence-electron chi connectivity index (χ3n) is 5.83. The van der Waals surface area contributed by atoms with Crippen molar-refractivity contribution in [3.8, 4) is 0 Å². The molecule has 2 N–H and O–H groups in total. The largest absolute Gasteiger partial charge is 0.462 e. The number of nitrogens with zero attached hydrogens (tertiary/aromatic N) is 2. The fraction of sp³-hybridized carbons (Fsp3) is 0.458. The molecule has 2 heterocycles. The minimum absolute atomic E-state index is 0.0550. The Bertz CT molecular complexity index is 990. The molecule has 0 aliphatic carbocycles. The van der Waals surface area contributed by atoms with Crippen molar-refractivity contribution in [1.82, 2.24) is 14.8 Å². The van der Waals surface area contributed by atoms with Gasteiger partial charge in [0.15, 0.2) is 0 Å². The van der Waals surface area contributed by atoms with Gasteiger partial charge in [-0.3, -0.25) is 14.5 Å². The number of esters is 1. The standard InChI is InChI=1S/C24H32N4O4/c1-5-18-9-7-8-10-19(18)26-20(29)15-27-11-13-28(14-12-27)23(30)22-16(3)21(17(4)25-22)24(31)32-6-2/h7-10,25H,5-6,11-15H2,1-4H3,(H,26,29). The topological polar surface area (TPSA) is 94.7 Å². The molecule has 1 fully saturated rings. The summed E-state index contributed by atoms with van der Waals surface area (Å²) in [7, 11) is 0. The maximum atomic E-state index is 13.1. The van der Waals surface area contributed by atoms with Crippen LogP contribution in [0.2, 0.25) is 0 Å². The van der Waals surface area contributed by atoms with E-state index in [1.54, 1.807) is 25.7 Å². The summed E-state index contributed by atoms with van der Waals surface area (Å²) in [6, 6.07) is 7.81. The van der Waals surface area contributed by atoms with Crippen LogP contribution in [0, 0.1) is 13.8 Å². The summed E-state index contributed by atoms with van der Waals surface area (Å²) in [5.74, 6) is -0.610. The van der Waals surface area contributed by atoms with Crippen LogP contribution in [0.25, 0.3) is 0 Å². The van der Waals surface area contributed by atoms with Gasteiger partial charge < -0.3 is 19.9 Å². The van der Waals surface area contributed by atoms with Crippen LogP contribution in [0.3, 0.4) is 0 Å². The van der Waals surface area contributed by atoms with Gasteiger partial charge in [-0.05, 0) is 44.4 Å². The van der Waals surface area contributed by atoms with Crippen molar-refractivity contribution in [2.45, 2.75) is 34.1 Å². The highest BCUT2D eigenvalue weighted by atomic mass is 16.5. The number of carbonyl (C=O) groups excluding carboxylic acids is 3. The van der Waals surface area contributed by atoms with Gasteiger partial charge in [-0.25, -0.2) is 4.79 Å². The Labute approximate surface area is 188 Å². The number of piperazine rings is 1. The highest BCUT2D eigenvalue weighted by Gasteiger charge is 2.28. The summed E-state index contributed by atoms with van der Waals surface area (Å²) < 4.78 is 5.11. The van der Waals surface area contributed by atoms with E-state index < -0.39 is 5.97 Å². The minimum atomic E-state index is -0.418. The van der Waals surface area contributed by atoms with Crippen LogP contribution in [0.1, 0.15) is 51.5 Å². The molecule has 172 valence electrons. The fourth-order valence-electron chi connectivity index (χ4n) is 4.08. The Morgan fingerprint density at radius 3 is 2.41 bits per heavy atom. The Kier molecular flexibility index (Phi) is 7.69. The van der Waals surface area contributed by atoms with Crippen molar-refractivity contribution in [2.75, 3.05) is 44.6 Å². The van der Waals surface area contributed by atoms with Gasteiger partial charge in [-0.15, -0.1) is 0 Å². The molecule has 1 aromatic heterocycles. The van der Waals surface area contributed by atoms with Crippen molar-refractivity contribution in [3.05, 3.63) is 52.3 Å². The van der Waals surface area contributed by atoms with E-state index in [0.29, 0.717) is 48.7 Å². The number of anilines is 1. The average Bonchev–Trinajstić information content (AvgIpc) is 3.08. The first-order valence-electron chi connectivity index (χ1n) is 11.1. The lowest BCUT2D eigenvalue weighted by atomic mass is 10.1. The molecule has 0 bridgehead atoms. The van der Waals surface area contributed by atoms with E-state index in [1.807, 2.05) is 29.2 Å². The number of amides is 2. The van der Waals surface area contributed by atoms with Crippen molar-refractivity contribution in [1.29, 1.82) is 0 Å². The Hall–Kier alpha value is -3.13. The van der Waals surface area contributed by atoms with E-state index in [4.69, 9.17) is 4.74 Å². The molecule has 1 aliphatic rings. The summed E-state index contributed by atoms with van der Waals surface area (Å²) in [5, 5.41) is 3.00. The van der Waals surface area contributed by atoms with E-state index >= 15 is 0 Å². The van der Waals surface area contributed by atoms with Crippen LogP contribution in [0.15, 0.2) is 24.3 Å². The normalized spacial score (nSPS) is 14.3. The number of aromatic amines is 1. The SMILES string of the molecule is CCOC(=O)c1c(C)[nH]c(C(=O)N2CCN(CC(=O)Nc3ccccc3CC)CC2)c1C. The molecule has 0 unspecified atom stereocenters. The van der Waals surface area contributed by atoms with Gasteiger partial charge in [0.05, 0.1) is 18.7 Å². The van der Waals surface area contributed by atoms with Crippen LogP contribution in [0.4, 0.5) is 5.69 Å². The van der Waals surface area contributed by atoms with Crippen molar-refractivity contribution < 1.29 is 19.1 Å². The second kappa shape index (κ2) is 10.5. The molecule has 32 heavy (non-hydrogen) atoms. The number of para-hydroxylation sites is 1. The lowest BCUT2D eigenvalue weighted by Crippen LogP contribution is -2.50. The van der Waals surface area contributed by atoms with Crippen molar-refractivity contribution in [2.24, 2.45) is 0 Å². The molecule has 3 rings (SSSR count). The number of aromatic nitrogens is 1. The Morgan fingerprint density at radius 1 is 1.06 bits per heavy atom. The second-order valence-electron chi connectivity index (χ2n) is 7.97. The molecular formula is C24H32N4O4. The molecular weight excluding hydrogens is 408 g/mol. The summed E-state index contributed by atoms with van der Waals surface area (Å²) in [6.45, 7) is 10.2. The molecule has 8 heteroatoms. The predicted molar refractivity (Wildman–Crippen MR) is 123 cm³/mol.